The summed E-state index contributed by atoms with van der Waals surface area (Å²) in [5.74, 6) is 0. The molecule has 1 N–H and O–H groups in total. The average Bonchev–Trinajstić information content (AvgIpc) is 2.64. The fourth-order valence-electron chi connectivity index (χ4n) is 2.60. The predicted octanol–water partition coefficient (Wildman–Crippen LogP) is 2.86. The van der Waals surface area contributed by atoms with E-state index in [9.17, 15) is 0 Å². The summed E-state index contributed by atoms with van der Waals surface area (Å²) in [7, 11) is 2.05. The zero-order chi connectivity index (χ0) is 11.7. The summed E-state index contributed by atoms with van der Waals surface area (Å²) in [6, 6.07) is 5.05. The fraction of sp³-hybridized carbons (Fsp3) is 0.538. The summed E-state index contributed by atoms with van der Waals surface area (Å²) >= 11 is 3.55. The summed E-state index contributed by atoms with van der Waals surface area (Å²) < 4.78 is 1.18. The van der Waals surface area contributed by atoms with Gasteiger partial charge in [-0.05, 0) is 50.6 Å². The molecule has 1 aliphatic heterocycles. The molecule has 3 heteroatoms. The van der Waals surface area contributed by atoms with Crippen LogP contribution in [0.3, 0.4) is 0 Å². The monoisotopic (exact) mass is 282 g/mol. The predicted molar refractivity (Wildman–Crippen MR) is 73.3 cm³/mol. The highest BCUT2D eigenvalue weighted by atomic mass is 79.9. The van der Waals surface area contributed by atoms with Crippen LogP contribution in [0.5, 0.6) is 0 Å². The first-order valence-corrected chi connectivity index (χ1v) is 6.60. The second-order valence-electron chi connectivity index (χ2n) is 4.61. The molecule has 16 heavy (non-hydrogen) atoms. The van der Waals surface area contributed by atoms with Crippen LogP contribution in [0.15, 0.2) is 16.6 Å². The van der Waals surface area contributed by atoms with Gasteiger partial charge in [-0.25, -0.2) is 0 Å². The van der Waals surface area contributed by atoms with Crippen molar-refractivity contribution < 1.29 is 0 Å². The molecule has 1 aromatic rings. The molecule has 1 atom stereocenters. The second-order valence-corrected chi connectivity index (χ2v) is 5.52. The van der Waals surface area contributed by atoms with Crippen molar-refractivity contribution in [3.63, 3.8) is 0 Å². The quantitative estimate of drug-likeness (QED) is 0.898. The number of nitrogens with zero attached hydrogens (tertiary/aromatic N) is 1. The Labute approximate surface area is 106 Å². The van der Waals surface area contributed by atoms with Crippen molar-refractivity contribution in [1.82, 2.24) is 5.32 Å². The molecule has 0 saturated carbocycles. The van der Waals surface area contributed by atoms with E-state index in [0.29, 0.717) is 6.04 Å². The molecular formula is C13H19BrN2. The highest BCUT2D eigenvalue weighted by Gasteiger charge is 2.23. The van der Waals surface area contributed by atoms with Crippen molar-refractivity contribution in [2.45, 2.75) is 26.3 Å². The Morgan fingerprint density at radius 2 is 1.94 bits per heavy atom. The normalized spacial score (nSPS) is 20.5. The average molecular weight is 283 g/mol. The molecular weight excluding hydrogens is 264 g/mol. The van der Waals surface area contributed by atoms with Crippen LogP contribution in [0.1, 0.15) is 17.5 Å². The number of aryl methyl sites for hydroxylation is 2. The number of benzene rings is 1. The minimum Gasteiger partial charge on any atom is -0.369 e. The molecule has 1 fully saturated rings. The van der Waals surface area contributed by atoms with Crippen molar-refractivity contribution in [2.75, 3.05) is 25.0 Å². The van der Waals surface area contributed by atoms with Crippen molar-refractivity contribution >= 4 is 21.6 Å². The Hall–Kier alpha value is -0.540. The maximum Gasteiger partial charge on any atom is 0.0426 e. The molecule has 0 spiro atoms. The summed E-state index contributed by atoms with van der Waals surface area (Å²) in [6.45, 7) is 6.67. The van der Waals surface area contributed by atoms with Crippen molar-refractivity contribution in [3.8, 4) is 0 Å². The molecule has 2 rings (SSSR count). The lowest BCUT2D eigenvalue weighted by Gasteiger charge is -2.23. The molecule has 88 valence electrons. The fourth-order valence-corrected chi connectivity index (χ4v) is 3.29. The summed E-state index contributed by atoms with van der Waals surface area (Å²) in [5.41, 5.74) is 4.15. The number of hydrogen-bond donors (Lipinski definition) is 1. The highest BCUT2D eigenvalue weighted by molar-refractivity contribution is 9.10. The van der Waals surface area contributed by atoms with Crippen LogP contribution in [-0.4, -0.2) is 26.2 Å². The zero-order valence-corrected chi connectivity index (χ0v) is 11.8. The third kappa shape index (κ3) is 2.25. The van der Waals surface area contributed by atoms with E-state index >= 15 is 0 Å². The molecule has 0 radical (unpaired) electrons. The maximum atomic E-state index is 3.55. The van der Waals surface area contributed by atoms with E-state index in [4.69, 9.17) is 0 Å². The standard InChI is InChI=1S/C13H19BrN2/c1-9-6-11(14)7-10(2)13(9)16-5-4-12(8-16)15-3/h6-7,12,15H,4-5,8H2,1-3H3. The Kier molecular flexibility index (Phi) is 3.55. The first kappa shape index (κ1) is 11.9. The van der Waals surface area contributed by atoms with Gasteiger partial charge in [-0.1, -0.05) is 15.9 Å². The molecule has 2 nitrogen and oxygen atoms in total. The van der Waals surface area contributed by atoms with E-state index in [1.165, 1.54) is 27.7 Å². The van der Waals surface area contributed by atoms with Gasteiger partial charge in [0.2, 0.25) is 0 Å². The lowest BCUT2D eigenvalue weighted by atomic mass is 10.1. The van der Waals surface area contributed by atoms with E-state index in [1.54, 1.807) is 0 Å². The molecule has 1 saturated heterocycles. The Morgan fingerprint density at radius 1 is 1.31 bits per heavy atom. The molecule has 0 aliphatic carbocycles. The summed E-state index contributed by atoms with van der Waals surface area (Å²) in [5, 5.41) is 3.36. The number of halogens is 1. The first-order valence-electron chi connectivity index (χ1n) is 5.80. The molecule has 0 aromatic heterocycles. The summed E-state index contributed by atoms with van der Waals surface area (Å²) in [4.78, 5) is 2.50. The van der Waals surface area contributed by atoms with Gasteiger partial charge >= 0.3 is 0 Å². The third-order valence-electron chi connectivity index (χ3n) is 3.37. The van der Waals surface area contributed by atoms with Gasteiger partial charge < -0.3 is 10.2 Å². The SMILES string of the molecule is CNC1CCN(c2c(C)cc(Br)cc2C)C1. The molecule has 1 aromatic carbocycles. The zero-order valence-electron chi connectivity index (χ0n) is 10.2. The minimum absolute atomic E-state index is 0.641. The molecule has 0 amide bonds. The third-order valence-corrected chi connectivity index (χ3v) is 3.83. The second kappa shape index (κ2) is 4.76. The van der Waals surface area contributed by atoms with E-state index < -0.39 is 0 Å². The molecule has 1 heterocycles. The number of nitrogens with one attached hydrogen (secondary N) is 1. The van der Waals surface area contributed by atoms with Crippen LogP contribution in [0.2, 0.25) is 0 Å². The van der Waals surface area contributed by atoms with Crippen molar-refractivity contribution in [2.24, 2.45) is 0 Å². The van der Waals surface area contributed by atoms with Gasteiger partial charge in [0.05, 0.1) is 0 Å². The van der Waals surface area contributed by atoms with Crippen LogP contribution in [0.4, 0.5) is 5.69 Å². The first-order chi connectivity index (χ1) is 7.61. The number of rotatable bonds is 2. The Morgan fingerprint density at radius 3 is 2.44 bits per heavy atom. The molecule has 1 aliphatic rings. The van der Waals surface area contributed by atoms with E-state index in [-0.39, 0.29) is 0 Å². The van der Waals surface area contributed by atoms with Crippen LogP contribution in [-0.2, 0) is 0 Å². The topological polar surface area (TPSA) is 15.3 Å². The van der Waals surface area contributed by atoms with Crippen LogP contribution in [0.25, 0.3) is 0 Å². The van der Waals surface area contributed by atoms with E-state index in [2.05, 4.69) is 59.2 Å². The van der Waals surface area contributed by atoms with Crippen LogP contribution in [0, 0.1) is 13.8 Å². The van der Waals surface area contributed by atoms with E-state index in [0.717, 1.165) is 13.1 Å². The van der Waals surface area contributed by atoms with Gasteiger partial charge in [0, 0.05) is 29.3 Å². The van der Waals surface area contributed by atoms with Crippen LogP contribution >= 0.6 is 15.9 Å². The van der Waals surface area contributed by atoms with Gasteiger partial charge in [-0.15, -0.1) is 0 Å². The van der Waals surface area contributed by atoms with Gasteiger partial charge in [0.1, 0.15) is 0 Å². The summed E-state index contributed by atoms with van der Waals surface area (Å²) in [6.07, 6.45) is 1.24. The Balaban J connectivity index is 2.28. The largest absolute Gasteiger partial charge is 0.369 e. The Bertz CT molecular complexity index is 367. The van der Waals surface area contributed by atoms with Crippen molar-refractivity contribution in [3.05, 3.63) is 27.7 Å². The number of hydrogen-bond acceptors (Lipinski definition) is 2. The lowest BCUT2D eigenvalue weighted by molar-refractivity contribution is 0.617. The maximum absolute atomic E-state index is 3.55. The molecule has 0 bridgehead atoms. The minimum atomic E-state index is 0.641. The van der Waals surface area contributed by atoms with Gasteiger partial charge in [-0.3, -0.25) is 0 Å². The van der Waals surface area contributed by atoms with Crippen molar-refractivity contribution in [1.29, 1.82) is 0 Å². The smallest absolute Gasteiger partial charge is 0.0426 e. The number of likely N-dealkylation sites (N-methyl/N-ethyl adjacent to an activating group) is 1. The van der Waals surface area contributed by atoms with Gasteiger partial charge in [0.15, 0.2) is 0 Å². The van der Waals surface area contributed by atoms with Gasteiger partial charge in [0.25, 0.3) is 0 Å². The number of anilines is 1. The van der Waals surface area contributed by atoms with Gasteiger partial charge in [-0.2, -0.15) is 0 Å². The van der Waals surface area contributed by atoms with E-state index in [1.807, 2.05) is 0 Å². The molecule has 1 unspecified atom stereocenters. The highest BCUT2D eigenvalue weighted by Crippen LogP contribution is 2.30. The van der Waals surface area contributed by atoms with Crippen LogP contribution < -0.4 is 10.2 Å². The lowest BCUT2D eigenvalue weighted by Crippen LogP contribution is -2.30.